The zero-order valence-electron chi connectivity index (χ0n) is 21.4. The highest BCUT2D eigenvalue weighted by Crippen LogP contribution is 2.49. The number of nitrogens with zero attached hydrogens (tertiary/aromatic N) is 2. The second-order valence-corrected chi connectivity index (χ2v) is 10.5. The minimum Gasteiger partial charge on any atom is -0.481 e. The fourth-order valence-corrected chi connectivity index (χ4v) is 4.64. The van der Waals surface area contributed by atoms with Gasteiger partial charge in [0.25, 0.3) is 0 Å². The summed E-state index contributed by atoms with van der Waals surface area (Å²) in [6.07, 6.45) is 0.684. The van der Waals surface area contributed by atoms with Gasteiger partial charge in [-0.3, -0.25) is 9.59 Å². The molecule has 1 fully saturated rings. The number of carboxylic acid groups (broad SMARTS) is 1. The molecular weight excluding hydrogens is 454 g/mol. The third-order valence-electron chi connectivity index (χ3n) is 6.31. The minimum absolute atomic E-state index is 0.0152. The Morgan fingerprint density at radius 1 is 1.06 bits per heavy atom. The summed E-state index contributed by atoms with van der Waals surface area (Å²) in [5.41, 5.74) is 4.22. The normalized spacial score (nSPS) is 16.8. The second kappa shape index (κ2) is 11.0. The number of aliphatic carboxylic acids is 1. The first-order valence-electron chi connectivity index (χ1n) is 12.6. The van der Waals surface area contributed by atoms with Crippen LogP contribution in [0.25, 0.3) is 11.3 Å². The molecule has 7 nitrogen and oxygen atoms in total. The van der Waals surface area contributed by atoms with Gasteiger partial charge in [0, 0.05) is 24.7 Å². The largest absolute Gasteiger partial charge is 0.481 e. The summed E-state index contributed by atoms with van der Waals surface area (Å²) in [5.74, 6) is 0.0263. The molecule has 0 aliphatic heterocycles. The average molecular weight is 490 g/mol. The Morgan fingerprint density at radius 3 is 2.36 bits per heavy atom. The molecule has 0 bridgehead atoms. The van der Waals surface area contributed by atoms with Gasteiger partial charge in [-0.25, -0.2) is 0 Å². The standard InChI is InChI=1S/C29H35N3O4/c1-18(2)16-32(17-19(3)4)27-11-10-21(23-15-24(23)29(34)35)12-26(27)30-28(33)14-22-13-25(31-36-22)20-8-6-5-7-9-20/h5-13,18-19,23-24H,14-17H2,1-4H3,(H,30,33)(H,34,35)/t23-,24-/m1/s1. The first-order chi connectivity index (χ1) is 17.2. The maximum Gasteiger partial charge on any atom is 0.307 e. The third kappa shape index (κ3) is 6.33. The highest BCUT2D eigenvalue weighted by molar-refractivity contribution is 5.95. The lowest BCUT2D eigenvalue weighted by atomic mass is 10.0. The van der Waals surface area contributed by atoms with Crippen LogP contribution in [0.15, 0.2) is 59.1 Å². The van der Waals surface area contributed by atoms with E-state index in [-0.39, 0.29) is 24.2 Å². The molecule has 0 saturated heterocycles. The van der Waals surface area contributed by atoms with E-state index in [4.69, 9.17) is 4.52 Å². The fraction of sp³-hybridized carbons (Fsp3) is 0.414. The van der Waals surface area contributed by atoms with Crippen molar-refractivity contribution in [2.45, 2.75) is 46.5 Å². The monoisotopic (exact) mass is 489 g/mol. The summed E-state index contributed by atoms with van der Waals surface area (Å²) in [5, 5.41) is 16.6. The van der Waals surface area contributed by atoms with Crippen LogP contribution in [0.5, 0.6) is 0 Å². The van der Waals surface area contributed by atoms with E-state index in [2.05, 4.69) is 43.1 Å². The van der Waals surface area contributed by atoms with Crippen LogP contribution in [0.2, 0.25) is 0 Å². The van der Waals surface area contributed by atoms with E-state index in [0.717, 1.165) is 29.9 Å². The molecule has 1 saturated carbocycles. The van der Waals surface area contributed by atoms with E-state index in [1.54, 1.807) is 6.07 Å². The van der Waals surface area contributed by atoms with Gasteiger partial charge in [-0.1, -0.05) is 69.2 Å². The van der Waals surface area contributed by atoms with Crippen LogP contribution >= 0.6 is 0 Å². The van der Waals surface area contributed by atoms with Gasteiger partial charge in [-0.05, 0) is 41.9 Å². The molecule has 1 amide bonds. The van der Waals surface area contributed by atoms with E-state index in [9.17, 15) is 14.7 Å². The van der Waals surface area contributed by atoms with Crippen molar-refractivity contribution < 1.29 is 19.2 Å². The zero-order valence-corrected chi connectivity index (χ0v) is 21.4. The molecule has 2 aromatic carbocycles. The second-order valence-electron chi connectivity index (χ2n) is 10.5. The van der Waals surface area contributed by atoms with Crippen molar-refractivity contribution in [1.29, 1.82) is 0 Å². The Hall–Kier alpha value is -3.61. The Kier molecular flexibility index (Phi) is 7.77. The van der Waals surface area contributed by atoms with Gasteiger partial charge in [0.2, 0.25) is 5.91 Å². The smallest absolute Gasteiger partial charge is 0.307 e. The van der Waals surface area contributed by atoms with E-state index >= 15 is 0 Å². The summed E-state index contributed by atoms with van der Waals surface area (Å²) in [6, 6.07) is 17.5. The van der Waals surface area contributed by atoms with E-state index < -0.39 is 5.97 Å². The number of anilines is 2. The summed E-state index contributed by atoms with van der Waals surface area (Å²) < 4.78 is 5.44. The number of carbonyl (C=O) groups excluding carboxylic acids is 1. The van der Waals surface area contributed by atoms with Crippen LogP contribution in [-0.4, -0.2) is 35.2 Å². The number of nitrogens with one attached hydrogen (secondary N) is 1. The predicted octanol–water partition coefficient (Wildman–Crippen LogP) is 5.83. The molecule has 2 atom stereocenters. The Balaban J connectivity index is 1.57. The molecule has 1 aromatic heterocycles. The lowest BCUT2D eigenvalue weighted by Gasteiger charge is -2.30. The van der Waals surface area contributed by atoms with Crippen molar-refractivity contribution >= 4 is 23.3 Å². The topological polar surface area (TPSA) is 95.7 Å². The van der Waals surface area contributed by atoms with E-state index in [1.807, 2.05) is 48.5 Å². The molecule has 0 radical (unpaired) electrons. The molecule has 1 aliphatic carbocycles. The highest BCUT2D eigenvalue weighted by atomic mass is 16.5. The third-order valence-corrected chi connectivity index (χ3v) is 6.31. The molecule has 36 heavy (non-hydrogen) atoms. The van der Waals surface area contributed by atoms with Crippen molar-refractivity contribution in [3.05, 3.63) is 65.9 Å². The number of hydrogen-bond donors (Lipinski definition) is 2. The number of benzene rings is 2. The SMILES string of the molecule is CC(C)CN(CC(C)C)c1ccc([C@H]2C[C@H]2C(=O)O)cc1NC(=O)Cc1cc(-c2ccccc2)no1. The number of carbonyl (C=O) groups is 2. The van der Waals surface area contributed by atoms with Crippen LogP contribution in [0.4, 0.5) is 11.4 Å². The Labute approximate surface area is 212 Å². The first kappa shape index (κ1) is 25.5. The summed E-state index contributed by atoms with van der Waals surface area (Å²) in [6.45, 7) is 10.4. The number of aromatic nitrogens is 1. The van der Waals surface area contributed by atoms with Crippen molar-refractivity contribution in [3.8, 4) is 11.3 Å². The lowest BCUT2D eigenvalue weighted by Crippen LogP contribution is -2.32. The fourth-order valence-electron chi connectivity index (χ4n) is 4.64. The van der Waals surface area contributed by atoms with Crippen LogP contribution in [0.3, 0.4) is 0 Å². The molecule has 1 aliphatic rings. The molecule has 1 heterocycles. The van der Waals surface area contributed by atoms with Gasteiger partial charge < -0.3 is 19.8 Å². The quantitative estimate of drug-likeness (QED) is 0.352. The molecule has 0 spiro atoms. The molecule has 0 unspecified atom stereocenters. The van der Waals surface area contributed by atoms with Crippen molar-refractivity contribution in [2.24, 2.45) is 17.8 Å². The van der Waals surface area contributed by atoms with Gasteiger partial charge in [0.15, 0.2) is 0 Å². The van der Waals surface area contributed by atoms with Gasteiger partial charge >= 0.3 is 5.97 Å². The molecule has 3 aromatic rings. The molecule has 7 heteroatoms. The molecule has 190 valence electrons. The maximum absolute atomic E-state index is 13.1. The van der Waals surface area contributed by atoms with Crippen LogP contribution < -0.4 is 10.2 Å². The Morgan fingerprint density at radius 2 is 1.75 bits per heavy atom. The first-order valence-corrected chi connectivity index (χ1v) is 12.6. The zero-order chi connectivity index (χ0) is 25.8. The van der Waals surface area contributed by atoms with Crippen molar-refractivity contribution in [1.82, 2.24) is 5.16 Å². The van der Waals surface area contributed by atoms with Gasteiger partial charge in [0.1, 0.15) is 11.5 Å². The van der Waals surface area contributed by atoms with Crippen molar-refractivity contribution in [2.75, 3.05) is 23.3 Å². The van der Waals surface area contributed by atoms with Gasteiger partial charge in [-0.2, -0.15) is 0 Å². The highest BCUT2D eigenvalue weighted by Gasteiger charge is 2.44. The summed E-state index contributed by atoms with van der Waals surface area (Å²) in [4.78, 5) is 26.8. The molecular formula is C29H35N3O4. The minimum atomic E-state index is -0.768. The van der Waals surface area contributed by atoms with Gasteiger partial charge in [-0.15, -0.1) is 0 Å². The average Bonchev–Trinajstić information content (AvgIpc) is 3.50. The number of carboxylic acids is 1. The van der Waals surface area contributed by atoms with Crippen LogP contribution in [-0.2, 0) is 16.0 Å². The van der Waals surface area contributed by atoms with E-state index in [1.165, 1.54) is 0 Å². The number of rotatable bonds is 11. The van der Waals surface area contributed by atoms with E-state index in [0.29, 0.717) is 35.4 Å². The molecule has 4 rings (SSSR count). The van der Waals surface area contributed by atoms with Gasteiger partial charge in [0.05, 0.1) is 23.7 Å². The van der Waals surface area contributed by atoms with Crippen LogP contribution in [0, 0.1) is 17.8 Å². The lowest BCUT2D eigenvalue weighted by molar-refractivity contribution is -0.138. The summed E-state index contributed by atoms with van der Waals surface area (Å²) in [7, 11) is 0. The number of amides is 1. The van der Waals surface area contributed by atoms with Crippen molar-refractivity contribution in [3.63, 3.8) is 0 Å². The predicted molar refractivity (Wildman–Crippen MR) is 141 cm³/mol. The van der Waals surface area contributed by atoms with Crippen LogP contribution in [0.1, 0.15) is 51.4 Å². The Bertz CT molecular complexity index is 1190. The molecule has 2 N–H and O–H groups in total. The summed E-state index contributed by atoms with van der Waals surface area (Å²) >= 11 is 0. The number of hydrogen-bond acceptors (Lipinski definition) is 5. The maximum atomic E-state index is 13.1.